The van der Waals surface area contributed by atoms with Gasteiger partial charge in [-0.2, -0.15) is 0 Å². The molecule has 0 aliphatic carbocycles. The Labute approximate surface area is 208 Å². The monoisotopic (exact) mass is 485 g/mol. The van der Waals surface area contributed by atoms with E-state index in [2.05, 4.69) is 27.9 Å². The zero-order valence-electron chi connectivity index (χ0n) is 19.9. The molecule has 178 valence electrons. The Morgan fingerprint density at radius 3 is 2.51 bits per heavy atom. The molecule has 2 heterocycles. The lowest BCUT2D eigenvalue weighted by Crippen LogP contribution is -2.41. The van der Waals surface area contributed by atoms with Gasteiger partial charge in [0, 0.05) is 11.3 Å². The second kappa shape index (κ2) is 9.84. The van der Waals surface area contributed by atoms with Crippen LogP contribution in [0.1, 0.15) is 29.7 Å². The number of fused-ring (bicyclic) bond motifs is 1. The van der Waals surface area contributed by atoms with Crippen molar-refractivity contribution in [2.75, 3.05) is 17.3 Å². The molecule has 7 nitrogen and oxygen atoms in total. The van der Waals surface area contributed by atoms with E-state index >= 15 is 0 Å². The number of nitrogens with zero attached hydrogens (tertiary/aromatic N) is 3. The molecule has 3 aromatic carbocycles. The summed E-state index contributed by atoms with van der Waals surface area (Å²) in [5, 5.41) is 12.1. The molecule has 0 spiro atoms. The van der Waals surface area contributed by atoms with Gasteiger partial charge in [-0.15, -0.1) is 10.2 Å². The Morgan fingerprint density at radius 2 is 1.80 bits per heavy atom. The number of benzene rings is 3. The van der Waals surface area contributed by atoms with Crippen molar-refractivity contribution >= 4 is 23.4 Å². The highest BCUT2D eigenvalue weighted by atomic mass is 32.2. The third kappa shape index (κ3) is 4.74. The first-order valence-electron chi connectivity index (χ1n) is 11.6. The van der Waals surface area contributed by atoms with Crippen LogP contribution in [0.25, 0.3) is 11.4 Å². The summed E-state index contributed by atoms with van der Waals surface area (Å²) in [5.41, 5.74) is 8.53. The molecule has 5 rings (SSSR count). The maximum atomic E-state index is 13.5. The number of aryl methyl sites for hydroxylation is 2. The highest BCUT2D eigenvalue weighted by Gasteiger charge is 2.38. The average molecular weight is 486 g/mol. The third-order valence-electron chi connectivity index (χ3n) is 6.05. The molecule has 8 heteroatoms. The fraction of sp³-hybridized carbons (Fsp3) is 0.222. The molecule has 0 saturated carbocycles. The molecule has 0 saturated heterocycles. The van der Waals surface area contributed by atoms with Crippen molar-refractivity contribution in [3.05, 3.63) is 89.5 Å². The van der Waals surface area contributed by atoms with Crippen LogP contribution in [-0.2, 0) is 4.79 Å². The zero-order valence-corrected chi connectivity index (χ0v) is 20.7. The number of rotatable bonds is 6. The Hall–Kier alpha value is -3.78. The molecule has 1 amide bonds. The van der Waals surface area contributed by atoms with Crippen molar-refractivity contribution in [1.29, 1.82) is 0 Å². The average Bonchev–Trinajstić information content (AvgIpc) is 3.30. The number of ether oxygens (including phenoxy) is 1. The minimum Gasteiger partial charge on any atom is -0.494 e. The fourth-order valence-corrected chi connectivity index (χ4v) is 5.13. The van der Waals surface area contributed by atoms with E-state index in [9.17, 15) is 4.79 Å². The van der Waals surface area contributed by atoms with Crippen LogP contribution in [0.4, 0.5) is 5.69 Å². The molecule has 4 aromatic rings. The fourth-order valence-electron chi connectivity index (χ4n) is 4.05. The van der Waals surface area contributed by atoms with E-state index in [0.29, 0.717) is 17.6 Å². The maximum Gasteiger partial charge on any atom is 0.240 e. The number of anilines is 1. The summed E-state index contributed by atoms with van der Waals surface area (Å²) in [6.45, 7) is 6.65. The number of hydrogen-bond acceptors (Lipinski definition) is 6. The van der Waals surface area contributed by atoms with Gasteiger partial charge in [-0.1, -0.05) is 60.3 Å². The quantitative estimate of drug-likeness (QED) is 0.383. The van der Waals surface area contributed by atoms with E-state index < -0.39 is 5.25 Å². The van der Waals surface area contributed by atoms with Crippen LogP contribution in [0, 0.1) is 13.8 Å². The summed E-state index contributed by atoms with van der Waals surface area (Å²) in [4.78, 5) is 13.5. The number of carbonyl (C=O) groups is 1. The lowest BCUT2D eigenvalue weighted by atomic mass is 10.0. The standard InChI is InChI=1S/C27H27N5O2S/c1-4-34-22-14-11-19(12-15-22)23-24(26(33)28-21-13-10-17(2)18(3)16-21)35-27-30-29-25(32(27)31-23)20-8-6-5-7-9-20/h5-16,23-24,31H,4H2,1-3H3,(H,28,33)/t23-,24-/m1/s1. The van der Waals surface area contributed by atoms with E-state index in [0.717, 1.165) is 28.1 Å². The molecule has 35 heavy (non-hydrogen) atoms. The van der Waals surface area contributed by atoms with Gasteiger partial charge in [0.05, 0.1) is 12.6 Å². The molecule has 0 radical (unpaired) electrons. The van der Waals surface area contributed by atoms with Crippen LogP contribution >= 0.6 is 11.8 Å². The first-order chi connectivity index (χ1) is 17.0. The number of thioether (sulfide) groups is 1. The van der Waals surface area contributed by atoms with E-state index in [-0.39, 0.29) is 11.9 Å². The lowest BCUT2D eigenvalue weighted by Gasteiger charge is -2.33. The van der Waals surface area contributed by atoms with Crippen LogP contribution < -0.4 is 15.5 Å². The van der Waals surface area contributed by atoms with Gasteiger partial charge in [-0.25, -0.2) is 4.68 Å². The molecule has 2 N–H and O–H groups in total. The molecular weight excluding hydrogens is 458 g/mol. The smallest absolute Gasteiger partial charge is 0.240 e. The highest BCUT2D eigenvalue weighted by Crippen LogP contribution is 2.39. The maximum absolute atomic E-state index is 13.5. The number of hydrogen-bond donors (Lipinski definition) is 2. The van der Waals surface area contributed by atoms with Crippen molar-refractivity contribution in [2.24, 2.45) is 0 Å². The number of carbonyl (C=O) groups excluding carboxylic acids is 1. The Bertz CT molecular complexity index is 1340. The molecule has 0 fully saturated rings. The van der Waals surface area contributed by atoms with Gasteiger partial charge in [0.1, 0.15) is 11.0 Å². The van der Waals surface area contributed by atoms with Gasteiger partial charge in [0.2, 0.25) is 11.1 Å². The molecule has 1 aliphatic rings. The molecule has 0 bridgehead atoms. The number of nitrogens with one attached hydrogen (secondary N) is 2. The Kier molecular flexibility index (Phi) is 6.46. The third-order valence-corrected chi connectivity index (χ3v) is 7.27. The van der Waals surface area contributed by atoms with Gasteiger partial charge >= 0.3 is 0 Å². The van der Waals surface area contributed by atoms with Crippen LogP contribution in [0.15, 0.2) is 78.0 Å². The first kappa shape index (κ1) is 23.0. The van der Waals surface area contributed by atoms with Gasteiger partial charge in [0.15, 0.2) is 5.82 Å². The lowest BCUT2D eigenvalue weighted by molar-refractivity contribution is -0.116. The van der Waals surface area contributed by atoms with E-state index in [4.69, 9.17) is 4.74 Å². The largest absolute Gasteiger partial charge is 0.494 e. The van der Waals surface area contributed by atoms with Crippen molar-refractivity contribution in [1.82, 2.24) is 14.9 Å². The van der Waals surface area contributed by atoms with Crippen LogP contribution in [0.2, 0.25) is 0 Å². The molecule has 0 unspecified atom stereocenters. The van der Waals surface area contributed by atoms with Crippen molar-refractivity contribution in [3.8, 4) is 17.1 Å². The van der Waals surface area contributed by atoms with Gasteiger partial charge in [-0.3, -0.25) is 4.79 Å². The first-order valence-corrected chi connectivity index (χ1v) is 12.5. The zero-order chi connectivity index (χ0) is 24.4. The molecule has 1 aliphatic heterocycles. The van der Waals surface area contributed by atoms with Crippen LogP contribution in [0.5, 0.6) is 5.75 Å². The van der Waals surface area contributed by atoms with Gasteiger partial charge < -0.3 is 15.5 Å². The summed E-state index contributed by atoms with van der Waals surface area (Å²) in [6, 6.07) is 23.4. The summed E-state index contributed by atoms with van der Waals surface area (Å²) in [5.74, 6) is 1.41. The normalized spacial score (nSPS) is 16.8. The predicted octanol–water partition coefficient (Wildman–Crippen LogP) is 5.36. The Morgan fingerprint density at radius 1 is 1.03 bits per heavy atom. The number of aromatic nitrogens is 3. The van der Waals surface area contributed by atoms with Crippen LogP contribution in [0.3, 0.4) is 0 Å². The van der Waals surface area contributed by atoms with Crippen molar-refractivity contribution in [3.63, 3.8) is 0 Å². The topological polar surface area (TPSA) is 81.1 Å². The summed E-state index contributed by atoms with van der Waals surface area (Å²) >= 11 is 1.41. The van der Waals surface area contributed by atoms with Crippen LogP contribution in [-0.4, -0.2) is 32.6 Å². The van der Waals surface area contributed by atoms with E-state index in [1.165, 1.54) is 17.3 Å². The van der Waals surface area contributed by atoms with E-state index in [1.54, 1.807) is 0 Å². The van der Waals surface area contributed by atoms with Crippen molar-refractivity contribution in [2.45, 2.75) is 37.2 Å². The van der Waals surface area contributed by atoms with E-state index in [1.807, 2.05) is 91.3 Å². The van der Waals surface area contributed by atoms with Gasteiger partial charge in [-0.05, 0) is 61.7 Å². The highest BCUT2D eigenvalue weighted by molar-refractivity contribution is 8.00. The van der Waals surface area contributed by atoms with Crippen molar-refractivity contribution < 1.29 is 9.53 Å². The minimum absolute atomic E-state index is 0.0971. The second-order valence-corrected chi connectivity index (χ2v) is 9.55. The SMILES string of the molecule is CCOc1ccc([C@H]2Nn3c(nnc3-c3ccccc3)S[C@H]2C(=O)Nc2ccc(C)c(C)c2)cc1. The summed E-state index contributed by atoms with van der Waals surface area (Å²) in [6.07, 6.45) is 0. The summed E-state index contributed by atoms with van der Waals surface area (Å²) in [7, 11) is 0. The number of amides is 1. The van der Waals surface area contributed by atoms with Gasteiger partial charge in [0.25, 0.3) is 0 Å². The summed E-state index contributed by atoms with van der Waals surface area (Å²) < 4.78 is 7.49. The Balaban J connectivity index is 1.49. The second-order valence-electron chi connectivity index (χ2n) is 8.44. The predicted molar refractivity (Wildman–Crippen MR) is 139 cm³/mol. The molecule has 1 aromatic heterocycles. The molecular formula is C27H27N5O2S. The minimum atomic E-state index is -0.463. The molecule has 2 atom stereocenters.